The van der Waals surface area contributed by atoms with Gasteiger partial charge in [0.15, 0.2) is 0 Å². The van der Waals surface area contributed by atoms with Crippen LogP contribution in [0.1, 0.15) is 55.6 Å². The molecule has 0 heterocycles. The zero-order valence-electron chi connectivity index (χ0n) is 19.2. The molecule has 2 amide bonds. The Labute approximate surface area is 199 Å². The van der Waals surface area contributed by atoms with Crippen LogP contribution in [0.4, 0.5) is 4.79 Å². The molecule has 0 radical (unpaired) electrons. The number of rotatable bonds is 8. The number of ether oxygens (including phenoxy) is 1. The number of carboxylic acids is 1. The second kappa shape index (κ2) is 9.12. The lowest BCUT2D eigenvalue weighted by Crippen LogP contribution is -2.59. The van der Waals surface area contributed by atoms with Crippen molar-refractivity contribution < 1.29 is 24.2 Å². The predicted molar refractivity (Wildman–Crippen MR) is 126 cm³/mol. The maximum absolute atomic E-state index is 13.5. The summed E-state index contributed by atoms with van der Waals surface area (Å²) in [4.78, 5) is 39.2. The summed E-state index contributed by atoms with van der Waals surface area (Å²) in [6.07, 6.45) is 4.00. The van der Waals surface area contributed by atoms with Crippen molar-refractivity contribution >= 4 is 18.0 Å². The molecule has 2 fully saturated rings. The van der Waals surface area contributed by atoms with Gasteiger partial charge in [-0.15, -0.1) is 0 Å². The van der Waals surface area contributed by atoms with Gasteiger partial charge in [-0.05, 0) is 53.9 Å². The molecule has 7 heteroatoms. The normalized spacial score (nSPS) is 18.1. The van der Waals surface area contributed by atoms with Crippen LogP contribution < -0.4 is 5.32 Å². The van der Waals surface area contributed by atoms with Crippen molar-refractivity contribution in [1.29, 1.82) is 0 Å². The van der Waals surface area contributed by atoms with Crippen LogP contribution in [0.5, 0.6) is 0 Å². The molecular formula is C27H30N2O5. The van der Waals surface area contributed by atoms with E-state index in [4.69, 9.17) is 4.74 Å². The molecule has 0 unspecified atom stereocenters. The number of carboxylic acid groups (broad SMARTS) is 1. The fourth-order valence-electron chi connectivity index (χ4n) is 5.50. The highest BCUT2D eigenvalue weighted by atomic mass is 16.5. The molecule has 5 rings (SSSR count). The first kappa shape index (κ1) is 22.4. The molecule has 2 saturated carbocycles. The van der Waals surface area contributed by atoms with Gasteiger partial charge in [0, 0.05) is 12.5 Å². The van der Waals surface area contributed by atoms with Gasteiger partial charge in [-0.1, -0.05) is 61.4 Å². The molecule has 3 aliphatic rings. The number of aliphatic carboxylic acids is 1. The van der Waals surface area contributed by atoms with Gasteiger partial charge in [-0.3, -0.25) is 9.59 Å². The highest BCUT2D eigenvalue weighted by Crippen LogP contribution is 2.44. The minimum absolute atomic E-state index is 0.0632. The summed E-state index contributed by atoms with van der Waals surface area (Å²) < 4.78 is 5.69. The number of alkyl carbamates (subject to hydrolysis) is 1. The van der Waals surface area contributed by atoms with E-state index in [1.165, 1.54) is 4.90 Å². The van der Waals surface area contributed by atoms with Crippen molar-refractivity contribution in [2.45, 2.75) is 50.0 Å². The van der Waals surface area contributed by atoms with Crippen LogP contribution in [-0.4, -0.2) is 53.2 Å². The Hall–Kier alpha value is -3.35. The van der Waals surface area contributed by atoms with Gasteiger partial charge >= 0.3 is 12.1 Å². The van der Waals surface area contributed by atoms with E-state index in [9.17, 15) is 19.5 Å². The minimum Gasteiger partial charge on any atom is -0.480 e. The van der Waals surface area contributed by atoms with Crippen LogP contribution >= 0.6 is 0 Å². The first-order valence-corrected chi connectivity index (χ1v) is 12.1. The zero-order chi connectivity index (χ0) is 23.7. The van der Waals surface area contributed by atoms with E-state index in [-0.39, 0.29) is 25.0 Å². The van der Waals surface area contributed by atoms with E-state index in [2.05, 4.69) is 29.6 Å². The van der Waals surface area contributed by atoms with Crippen LogP contribution in [0.2, 0.25) is 0 Å². The Morgan fingerprint density at radius 1 is 0.971 bits per heavy atom. The minimum atomic E-state index is -1.09. The molecule has 178 valence electrons. The largest absolute Gasteiger partial charge is 0.480 e. The van der Waals surface area contributed by atoms with Crippen molar-refractivity contribution in [1.82, 2.24) is 10.2 Å². The maximum Gasteiger partial charge on any atom is 0.408 e. The summed E-state index contributed by atoms with van der Waals surface area (Å²) in [7, 11) is 0. The lowest BCUT2D eigenvalue weighted by atomic mass is 9.95. The van der Waals surface area contributed by atoms with Gasteiger partial charge in [0.1, 0.15) is 18.7 Å². The molecule has 2 aromatic carbocycles. The third-order valence-corrected chi connectivity index (χ3v) is 7.34. The molecule has 0 aliphatic heterocycles. The lowest BCUT2D eigenvalue weighted by Gasteiger charge is -2.34. The summed E-state index contributed by atoms with van der Waals surface area (Å²) >= 11 is 0. The molecule has 0 saturated heterocycles. The van der Waals surface area contributed by atoms with E-state index >= 15 is 0 Å². The fourth-order valence-corrected chi connectivity index (χ4v) is 5.50. The third kappa shape index (κ3) is 4.39. The quantitative estimate of drug-likeness (QED) is 0.614. The number of hydrogen-bond donors (Lipinski definition) is 2. The van der Waals surface area contributed by atoms with Crippen LogP contribution in [0.3, 0.4) is 0 Å². The van der Waals surface area contributed by atoms with Gasteiger partial charge in [0.25, 0.3) is 0 Å². The standard InChI is InChI=1S/C27H30N2O5/c30-24(31)16-29(15-18-11-12-18)25(32)27(13-5-6-14-27)28-26(33)34-17-23-21-9-3-1-7-19(21)20-8-2-4-10-22(20)23/h1-4,7-10,18,23H,5-6,11-17H2,(H,28,33)(H,30,31). The van der Waals surface area contributed by atoms with E-state index in [0.717, 1.165) is 47.9 Å². The van der Waals surface area contributed by atoms with Crippen LogP contribution in [0.15, 0.2) is 48.5 Å². The Morgan fingerprint density at radius 2 is 1.56 bits per heavy atom. The second-order valence-electron chi connectivity index (χ2n) is 9.76. The van der Waals surface area contributed by atoms with Crippen molar-refractivity contribution in [3.05, 3.63) is 59.7 Å². The van der Waals surface area contributed by atoms with E-state index in [1.807, 2.05) is 24.3 Å². The van der Waals surface area contributed by atoms with E-state index in [1.54, 1.807) is 0 Å². The van der Waals surface area contributed by atoms with E-state index < -0.39 is 17.6 Å². The van der Waals surface area contributed by atoms with Crippen molar-refractivity contribution in [3.8, 4) is 11.1 Å². The predicted octanol–water partition coefficient (Wildman–Crippen LogP) is 4.16. The molecule has 0 aromatic heterocycles. The molecular weight excluding hydrogens is 432 g/mol. The summed E-state index contributed by atoms with van der Waals surface area (Å²) in [5, 5.41) is 12.2. The number of benzene rings is 2. The number of amides is 2. The van der Waals surface area contributed by atoms with Crippen molar-refractivity contribution in [3.63, 3.8) is 0 Å². The molecule has 0 bridgehead atoms. The van der Waals surface area contributed by atoms with Crippen molar-refractivity contribution in [2.75, 3.05) is 19.7 Å². The smallest absolute Gasteiger partial charge is 0.408 e. The average molecular weight is 463 g/mol. The van der Waals surface area contributed by atoms with Crippen molar-refractivity contribution in [2.24, 2.45) is 5.92 Å². The molecule has 34 heavy (non-hydrogen) atoms. The molecule has 7 nitrogen and oxygen atoms in total. The van der Waals surface area contributed by atoms with Gasteiger partial charge in [-0.2, -0.15) is 0 Å². The molecule has 0 spiro atoms. The van der Waals surface area contributed by atoms with Gasteiger partial charge < -0.3 is 20.1 Å². The number of nitrogens with zero attached hydrogens (tertiary/aromatic N) is 1. The maximum atomic E-state index is 13.5. The average Bonchev–Trinajstić information content (AvgIpc) is 3.42. The summed E-state index contributed by atoms with van der Waals surface area (Å²) in [5.41, 5.74) is 3.46. The second-order valence-corrected chi connectivity index (χ2v) is 9.76. The molecule has 3 aliphatic carbocycles. The van der Waals surface area contributed by atoms with Gasteiger partial charge in [0.2, 0.25) is 5.91 Å². The van der Waals surface area contributed by atoms with E-state index in [0.29, 0.717) is 25.3 Å². The monoisotopic (exact) mass is 462 g/mol. The number of carbonyl (C=O) groups is 3. The summed E-state index contributed by atoms with van der Waals surface area (Å²) in [6, 6.07) is 16.3. The van der Waals surface area contributed by atoms with Crippen LogP contribution in [-0.2, 0) is 14.3 Å². The Bertz CT molecular complexity index is 1060. The Morgan fingerprint density at radius 3 is 2.12 bits per heavy atom. The number of nitrogens with one attached hydrogen (secondary N) is 1. The Kier molecular flexibility index (Phi) is 6.02. The first-order chi connectivity index (χ1) is 16.5. The Balaban J connectivity index is 1.29. The first-order valence-electron chi connectivity index (χ1n) is 12.1. The highest BCUT2D eigenvalue weighted by Gasteiger charge is 2.46. The fraction of sp³-hybridized carbons (Fsp3) is 0.444. The number of hydrogen-bond acceptors (Lipinski definition) is 4. The third-order valence-electron chi connectivity index (χ3n) is 7.34. The zero-order valence-corrected chi connectivity index (χ0v) is 19.2. The molecule has 2 aromatic rings. The molecule has 2 N–H and O–H groups in total. The SMILES string of the molecule is O=C(O)CN(CC1CC1)C(=O)C1(NC(=O)OCC2c3ccccc3-c3ccccc32)CCCC1. The van der Waals surface area contributed by atoms with Gasteiger partial charge in [0.05, 0.1) is 0 Å². The number of carbonyl (C=O) groups excluding carboxylic acids is 2. The topological polar surface area (TPSA) is 95.9 Å². The number of fused-ring (bicyclic) bond motifs is 3. The lowest BCUT2D eigenvalue weighted by molar-refractivity contribution is -0.147. The van der Waals surface area contributed by atoms with Crippen LogP contribution in [0.25, 0.3) is 11.1 Å². The highest BCUT2D eigenvalue weighted by molar-refractivity contribution is 5.92. The summed E-state index contributed by atoms with van der Waals surface area (Å²) in [5.74, 6) is -1.04. The van der Waals surface area contributed by atoms with Gasteiger partial charge in [-0.25, -0.2) is 4.79 Å². The summed E-state index contributed by atoms with van der Waals surface area (Å²) in [6.45, 7) is 0.258. The van der Waals surface area contributed by atoms with Crippen LogP contribution in [0, 0.1) is 5.92 Å². The molecule has 0 atom stereocenters.